The molecular formula is C17H12F10N2O4. The first-order valence-electron chi connectivity index (χ1n) is 8.50. The van der Waals surface area contributed by atoms with Gasteiger partial charge in [0.25, 0.3) is 11.8 Å². The minimum Gasteiger partial charge on any atom is -0.467 e. The minimum atomic E-state index is -7.59. The van der Waals surface area contributed by atoms with Crippen LogP contribution >= 0.6 is 0 Å². The van der Waals surface area contributed by atoms with Gasteiger partial charge in [-0.3, -0.25) is 9.59 Å². The first kappa shape index (κ1) is 26.1. The summed E-state index contributed by atoms with van der Waals surface area (Å²) in [6.45, 7) is -2.10. The lowest BCUT2D eigenvalue weighted by atomic mass is 9.93. The fourth-order valence-corrected chi connectivity index (χ4v) is 2.26. The topological polar surface area (TPSA) is 84.5 Å². The SMILES string of the molecule is O=C(NCc1ccco1)C(F)(F)C(F)(F)C(F)(F)C(F)(F)C(F)(F)C(=O)NCc1ccco1. The number of halogens is 10. The predicted octanol–water partition coefficient (Wildman–Crippen LogP) is 3.98. The highest BCUT2D eigenvalue weighted by Crippen LogP contribution is 2.57. The summed E-state index contributed by atoms with van der Waals surface area (Å²) in [5.74, 6) is -42.6. The van der Waals surface area contributed by atoms with Gasteiger partial charge in [0.15, 0.2) is 0 Å². The molecule has 2 rings (SSSR count). The number of carbonyl (C=O) groups excluding carboxylic acids is 2. The summed E-state index contributed by atoms with van der Waals surface area (Å²) in [4.78, 5) is 22.7. The number of carbonyl (C=O) groups is 2. The maximum absolute atomic E-state index is 13.9. The van der Waals surface area contributed by atoms with E-state index >= 15 is 0 Å². The zero-order chi connectivity index (χ0) is 25.3. The van der Waals surface area contributed by atoms with Crippen LogP contribution in [0.4, 0.5) is 43.9 Å². The first-order valence-corrected chi connectivity index (χ1v) is 8.50. The van der Waals surface area contributed by atoms with Gasteiger partial charge < -0.3 is 19.5 Å². The fourth-order valence-electron chi connectivity index (χ4n) is 2.26. The van der Waals surface area contributed by atoms with E-state index in [1.807, 2.05) is 0 Å². The van der Waals surface area contributed by atoms with Gasteiger partial charge in [0.2, 0.25) is 0 Å². The van der Waals surface area contributed by atoms with Gasteiger partial charge in [0, 0.05) is 0 Å². The van der Waals surface area contributed by atoms with Crippen molar-refractivity contribution in [3.8, 4) is 0 Å². The maximum Gasteiger partial charge on any atom is 0.392 e. The van der Waals surface area contributed by atoms with Crippen LogP contribution in [-0.4, -0.2) is 41.4 Å². The molecule has 6 nitrogen and oxygen atoms in total. The van der Waals surface area contributed by atoms with Crippen LogP contribution in [0.2, 0.25) is 0 Å². The highest BCUT2D eigenvalue weighted by Gasteiger charge is 2.88. The molecule has 0 atom stereocenters. The third-order valence-electron chi connectivity index (χ3n) is 4.15. The van der Waals surface area contributed by atoms with Gasteiger partial charge >= 0.3 is 29.6 Å². The van der Waals surface area contributed by atoms with Crippen molar-refractivity contribution in [2.45, 2.75) is 42.7 Å². The Labute approximate surface area is 176 Å². The highest BCUT2D eigenvalue weighted by molar-refractivity contribution is 5.86. The zero-order valence-corrected chi connectivity index (χ0v) is 15.8. The number of hydrogen-bond acceptors (Lipinski definition) is 4. The summed E-state index contributed by atoms with van der Waals surface area (Å²) in [6.07, 6.45) is 1.92. The maximum atomic E-state index is 13.9. The molecule has 0 saturated carbocycles. The Morgan fingerprint density at radius 1 is 0.636 bits per heavy atom. The van der Waals surface area contributed by atoms with Gasteiger partial charge in [-0.05, 0) is 24.3 Å². The predicted molar refractivity (Wildman–Crippen MR) is 85.8 cm³/mol. The summed E-state index contributed by atoms with van der Waals surface area (Å²) in [5, 5.41) is 2.07. The summed E-state index contributed by atoms with van der Waals surface area (Å²) in [6, 6.07) is 4.42. The molecule has 0 unspecified atom stereocenters. The van der Waals surface area contributed by atoms with Crippen LogP contribution in [0.15, 0.2) is 45.6 Å². The molecule has 0 spiro atoms. The third kappa shape index (κ3) is 4.37. The number of rotatable bonds is 10. The molecule has 0 radical (unpaired) electrons. The Bertz CT molecular complexity index is 882. The van der Waals surface area contributed by atoms with Crippen molar-refractivity contribution in [1.29, 1.82) is 0 Å². The largest absolute Gasteiger partial charge is 0.467 e. The Kier molecular flexibility index (Phi) is 6.81. The molecule has 184 valence electrons. The van der Waals surface area contributed by atoms with E-state index in [-0.39, 0.29) is 11.5 Å². The van der Waals surface area contributed by atoms with Crippen molar-refractivity contribution >= 4 is 11.8 Å². The second-order valence-corrected chi connectivity index (χ2v) is 6.40. The molecule has 0 saturated heterocycles. The quantitative estimate of drug-likeness (QED) is 0.486. The molecule has 2 aromatic heterocycles. The molecule has 0 aliphatic carbocycles. The molecule has 0 aliphatic heterocycles. The van der Waals surface area contributed by atoms with Crippen LogP contribution in [0, 0.1) is 0 Å². The second kappa shape index (κ2) is 8.62. The summed E-state index contributed by atoms with van der Waals surface area (Å²) in [5.41, 5.74) is 0. The number of amides is 2. The monoisotopic (exact) mass is 498 g/mol. The summed E-state index contributed by atoms with van der Waals surface area (Å²) in [7, 11) is 0. The van der Waals surface area contributed by atoms with E-state index in [0.717, 1.165) is 35.3 Å². The van der Waals surface area contributed by atoms with Gasteiger partial charge in [0.05, 0.1) is 25.6 Å². The molecule has 2 amide bonds. The molecular weight excluding hydrogens is 486 g/mol. The first-order chi connectivity index (χ1) is 15.0. The van der Waals surface area contributed by atoms with Crippen molar-refractivity contribution in [3.05, 3.63) is 48.3 Å². The Balaban J connectivity index is 2.26. The lowest BCUT2D eigenvalue weighted by molar-refractivity contribution is -0.387. The van der Waals surface area contributed by atoms with Crippen molar-refractivity contribution in [1.82, 2.24) is 10.6 Å². The normalized spacial score (nSPS) is 13.6. The number of nitrogens with one attached hydrogen (secondary N) is 2. The smallest absolute Gasteiger partial charge is 0.392 e. The van der Waals surface area contributed by atoms with Crippen LogP contribution in [0.5, 0.6) is 0 Å². The Hall–Kier alpha value is -3.20. The van der Waals surface area contributed by atoms with E-state index < -0.39 is 54.5 Å². The van der Waals surface area contributed by atoms with Gasteiger partial charge in [0.1, 0.15) is 11.5 Å². The van der Waals surface area contributed by atoms with Crippen LogP contribution < -0.4 is 10.6 Å². The van der Waals surface area contributed by atoms with Gasteiger partial charge in [-0.15, -0.1) is 0 Å². The summed E-state index contributed by atoms with van der Waals surface area (Å²) >= 11 is 0. The van der Waals surface area contributed by atoms with Gasteiger partial charge in [-0.1, -0.05) is 0 Å². The van der Waals surface area contributed by atoms with Crippen molar-refractivity contribution < 1.29 is 62.3 Å². The van der Waals surface area contributed by atoms with Crippen molar-refractivity contribution in [2.24, 2.45) is 0 Å². The van der Waals surface area contributed by atoms with E-state index in [9.17, 15) is 53.5 Å². The van der Waals surface area contributed by atoms with Crippen LogP contribution in [0.3, 0.4) is 0 Å². The lowest BCUT2D eigenvalue weighted by Gasteiger charge is -2.38. The standard InChI is InChI=1S/C17H12F10N2O4/c18-13(19,11(30)28-7-9-3-1-5-32-9)15(22,23)17(26,27)16(24,25)14(20,21)12(31)29-8-10-4-2-6-33-10/h1-6H,7-8H2,(H,28,30)(H,29,31). The van der Waals surface area contributed by atoms with Gasteiger partial charge in [-0.25, -0.2) is 0 Å². The molecule has 2 N–H and O–H groups in total. The molecule has 33 heavy (non-hydrogen) atoms. The zero-order valence-electron chi connectivity index (χ0n) is 15.8. The lowest BCUT2D eigenvalue weighted by Crippen LogP contribution is -2.71. The molecule has 16 heteroatoms. The van der Waals surface area contributed by atoms with E-state index in [0.29, 0.717) is 0 Å². The molecule has 0 aromatic carbocycles. The van der Waals surface area contributed by atoms with E-state index in [1.54, 1.807) is 0 Å². The number of hydrogen-bond donors (Lipinski definition) is 2. The number of furan rings is 2. The molecule has 0 bridgehead atoms. The molecule has 0 fully saturated rings. The average Bonchev–Trinajstić information content (AvgIpc) is 3.43. The molecule has 0 aliphatic rings. The Morgan fingerprint density at radius 3 is 1.24 bits per heavy atom. The fraction of sp³-hybridized carbons (Fsp3) is 0.412. The third-order valence-corrected chi connectivity index (χ3v) is 4.15. The van der Waals surface area contributed by atoms with Gasteiger partial charge in [-0.2, -0.15) is 43.9 Å². The molecule has 2 aromatic rings. The van der Waals surface area contributed by atoms with Crippen LogP contribution in [-0.2, 0) is 22.7 Å². The van der Waals surface area contributed by atoms with Crippen molar-refractivity contribution in [3.63, 3.8) is 0 Å². The van der Waals surface area contributed by atoms with Crippen LogP contribution in [0.1, 0.15) is 11.5 Å². The minimum absolute atomic E-state index is 0.320. The Morgan fingerprint density at radius 2 is 0.970 bits per heavy atom. The van der Waals surface area contributed by atoms with Crippen LogP contribution in [0.25, 0.3) is 0 Å². The van der Waals surface area contributed by atoms with E-state index in [4.69, 9.17) is 0 Å². The average molecular weight is 498 g/mol. The van der Waals surface area contributed by atoms with E-state index in [1.165, 1.54) is 12.1 Å². The van der Waals surface area contributed by atoms with E-state index in [2.05, 4.69) is 8.83 Å². The summed E-state index contributed by atoms with van der Waals surface area (Å²) < 4.78 is 147. The molecule has 2 heterocycles. The number of alkyl halides is 10. The second-order valence-electron chi connectivity index (χ2n) is 6.40. The highest BCUT2D eigenvalue weighted by atomic mass is 19.4. The van der Waals surface area contributed by atoms with Crippen molar-refractivity contribution in [2.75, 3.05) is 0 Å².